The number of nitrogens with one attached hydrogen (secondary N) is 2. The molecular weight excluding hydrogens is 483 g/mol. The SMILES string of the molecule is Cc1cc(Nc2c(C(=O)N3CC[C@H](NC(=O)O)C3)sc3c2ccc(=O)n3-c2ccccc2)ccc1F. The summed E-state index contributed by atoms with van der Waals surface area (Å²) < 4.78 is 15.4. The summed E-state index contributed by atoms with van der Waals surface area (Å²) in [6.07, 6.45) is -0.616. The number of benzene rings is 2. The molecule has 0 saturated carbocycles. The first-order valence-corrected chi connectivity index (χ1v) is 12.2. The number of nitrogens with zero attached hydrogens (tertiary/aromatic N) is 2. The lowest BCUT2D eigenvalue weighted by molar-refractivity contribution is 0.0794. The molecule has 184 valence electrons. The van der Waals surface area contributed by atoms with E-state index in [0.717, 1.165) is 0 Å². The monoisotopic (exact) mass is 506 g/mol. The van der Waals surface area contributed by atoms with Crippen molar-refractivity contribution in [2.75, 3.05) is 18.4 Å². The molecule has 1 aliphatic rings. The summed E-state index contributed by atoms with van der Waals surface area (Å²) >= 11 is 1.19. The highest BCUT2D eigenvalue weighted by Crippen LogP contribution is 2.39. The number of pyridine rings is 1. The van der Waals surface area contributed by atoms with E-state index in [4.69, 9.17) is 5.11 Å². The van der Waals surface area contributed by atoms with Gasteiger partial charge in [-0.1, -0.05) is 18.2 Å². The van der Waals surface area contributed by atoms with Crippen LogP contribution in [-0.4, -0.2) is 45.7 Å². The number of hydrogen-bond donors (Lipinski definition) is 3. The van der Waals surface area contributed by atoms with E-state index < -0.39 is 6.09 Å². The van der Waals surface area contributed by atoms with Gasteiger partial charge >= 0.3 is 6.09 Å². The number of amides is 2. The van der Waals surface area contributed by atoms with E-state index in [9.17, 15) is 18.8 Å². The number of carbonyl (C=O) groups excluding carboxylic acids is 1. The summed E-state index contributed by atoms with van der Waals surface area (Å²) in [6, 6.07) is 16.6. The molecule has 2 aromatic carbocycles. The molecule has 36 heavy (non-hydrogen) atoms. The first-order valence-electron chi connectivity index (χ1n) is 11.4. The van der Waals surface area contributed by atoms with Crippen molar-refractivity contribution in [3.63, 3.8) is 0 Å². The van der Waals surface area contributed by atoms with Gasteiger partial charge in [-0.3, -0.25) is 14.2 Å². The number of carboxylic acid groups (broad SMARTS) is 1. The average Bonchev–Trinajstić information content (AvgIpc) is 3.46. The summed E-state index contributed by atoms with van der Waals surface area (Å²) in [5.74, 6) is -0.599. The Bertz CT molecular complexity index is 1530. The van der Waals surface area contributed by atoms with Crippen molar-refractivity contribution in [3.8, 4) is 5.69 Å². The maximum Gasteiger partial charge on any atom is 0.404 e. The predicted molar refractivity (Wildman–Crippen MR) is 137 cm³/mol. The Labute approximate surface area is 209 Å². The second kappa shape index (κ2) is 9.46. The molecule has 2 aromatic heterocycles. The Morgan fingerprint density at radius 1 is 1.11 bits per heavy atom. The summed E-state index contributed by atoms with van der Waals surface area (Å²) in [5, 5.41) is 15.4. The fraction of sp³-hybridized carbons (Fsp3) is 0.192. The Balaban J connectivity index is 1.64. The van der Waals surface area contributed by atoms with Gasteiger partial charge in [-0.05, 0) is 55.3 Å². The number of aromatic nitrogens is 1. The van der Waals surface area contributed by atoms with E-state index in [1.54, 1.807) is 34.6 Å². The van der Waals surface area contributed by atoms with E-state index in [1.807, 2.05) is 30.3 Å². The van der Waals surface area contributed by atoms with Crippen LogP contribution in [0.15, 0.2) is 65.5 Å². The molecule has 2 amide bonds. The molecule has 8 nitrogen and oxygen atoms in total. The van der Waals surface area contributed by atoms with Crippen LogP contribution in [0.5, 0.6) is 0 Å². The molecule has 1 aliphatic heterocycles. The number of para-hydroxylation sites is 1. The fourth-order valence-electron chi connectivity index (χ4n) is 4.43. The van der Waals surface area contributed by atoms with Gasteiger partial charge in [0.15, 0.2) is 0 Å². The summed E-state index contributed by atoms with van der Waals surface area (Å²) in [5.41, 5.74) is 2.02. The maximum absolute atomic E-state index is 13.9. The van der Waals surface area contributed by atoms with Crippen LogP contribution in [0.1, 0.15) is 21.7 Å². The van der Waals surface area contributed by atoms with Crippen LogP contribution in [0.4, 0.5) is 20.6 Å². The zero-order valence-corrected chi connectivity index (χ0v) is 20.1. The van der Waals surface area contributed by atoms with Crippen LogP contribution >= 0.6 is 11.3 Å². The highest BCUT2D eigenvalue weighted by Gasteiger charge is 2.31. The molecule has 0 unspecified atom stereocenters. The Morgan fingerprint density at radius 2 is 1.89 bits per heavy atom. The molecule has 0 aliphatic carbocycles. The molecule has 3 N–H and O–H groups in total. The van der Waals surface area contributed by atoms with Crippen molar-refractivity contribution in [2.45, 2.75) is 19.4 Å². The van der Waals surface area contributed by atoms with Gasteiger partial charge < -0.3 is 20.6 Å². The minimum Gasteiger partial charge on any atom is -0.465 e. The molecule has 1 fully saturated rings. The number of likely N-dealkylation sites (tertiary alicyclic amines) is 1. The summed E-state index contributed by atoms with van der Waals surface area (Å²) in [6.45, 7) is 2.31. The first-order chi connectivity index (χ1) is 17.3. The number of aryl methyl sites for hydroxylation is 1. The minimum atomic E-state index is -1.13. The molecule has 3 heterocycles. The van der Waals surface area contributed by atoms with E-state index in [0.29, 0.717) is 50.7 Å². The number of halogens is 1. The van der Waals surface area contributed by atoms with Crippen molar-refractivity contribution < 1.29 is 19.1 Å². The van der Waals surface area contributed by atoms with Crippen LogP contribution in [-0.2, 0) is 0 Å². The van der Waals surface area contributed by atoms with Gasteiger partial charge in [0, 0.05) is 30.2 Å². The molecule has 1 saturated heterocycles. The van der Waals surface area contributed by atoms with Crippen LogP contribution in [0.3, 0.4) is 0 Å². The molecule has 4 aromatic rings. The standard InChI is InChI=1S/C26H23FN4O4S/c1-15-13-16(7-9-20(15)27)28-22-19-8-10-21(32)31(18-5-3-2-4-6-18)25(19)36-23(22)24(33)30-12-11-17(14-30)29-26(34)35/h2-10,13,17,28-29H,11-12,14H2,1H3,(H,34,35)/t17-/m0/s1. The number of anilines is 2. The largest absolute Gasteiger partial charge is 0.465 e. The molecule has 1 atom stereocenters. The fourth-order valence-corrected chi connectivity index (χ4v) is 5.67. The van der Waals surface area contributed by atoms with Gasteiger partial charge in [0.1, 0.15) is 15.5 Å². The third kappa shape index (κ3) is 4.42. The van der Waals surface area contributed by atoms with Gasteiger partial charge in [0.2, 0.25) is 0 Å². The molecule has 0 radical (unpaired) electrons. The molecule has 5 rings (SSSR count). The lowest BCUT2D eigenvalue weighted by atomic mass is 10.2. The van der Waals surface area contributed by atoms with E-state index in [1.165, 1.54) is 23.5 Å². The lowest BCUT2D eigenvalue weighted by Crippen LogP contribution is -2.37. The van der Waals surface area contributed by atoms with Gasteiger partial charge in [-0.15, -0.1) is 11.3 Å². The Hall–Kier alpha value is -4.18. The smallest absolute Gasteiger partial charge is 0.404 e. The summed E-state index contributed by atoms with van der Waals surface area (Å²) in [4.78, 5) is 40.2. The second-order valence-corrected chi connectivity index (χ2v) is 9.64. The van der Waals surface area contributed by atoms with Crippen molar-refractivity contribution in [1.82, 2.24) is 14.8 Å². The number of carbonyl (C=O) groups is 2. The molecular formula is C26H23FN4O4S. The normalized spacial score (nSPS) is 15.3. The van der Waals surface area contributed by atoms with Crippen LogP contribution < -0.4 is 16.2 Å². The molecule has 0 bridgehead atoms. The zero-order valence-electron chi connectivity index (χ0n) is 19.3. The maximum atomic E-state index is 13.9. The van der Waals surface area contributed by atoms with Crippen molar-refractivity contribution in [1.29, 1.82) is 0 Å². The van der Waals surface area contributed by atoms with Gasteiger partial charge in [-0.2, -0.15) is 0 Å². The lowest BCUT2D eigenvalue weighted by Gasteiger charge is -2.17. The van der Waals surface area contributed by atoms with Crippen LogP contribution in [0.25, 0.3) is 15.9 Å². The topological polar surface area (TPSA) is 104 Å². The number of rotatable bonds is 5. The number of thiophene rings is 1. The second-order valence-electron chi connectivity index (χ2n) is 8.64. The quantitative estimate of drug-likeness (QED) is 0.363. The average molecular weight is 507 g/mol. The van der Waals surface area contributed by atoms with Gasteiger partial charge in [0.05, 0.1) is 17.4 Å². The number of fused-ring (bicyclic) bond motifs is 1. The van der Waals surface area contributed by atoms with E-state index >= 15 is 0 Å². The predicted octanol–water partition coefficient (Wildman–Crippen LogP) is 4.73. The van der Waals surface area contributed by atoms with Gasteiger partial charge in [0.25, 0.3) is 11.5 Å². The third-order valence-electron chi connectivity index (χ3n) is 6.18. The molecule has 10 heteroatoms. The van der Waals surface area contributed by atoms with Gasteiger partial charge in [-0.25, -0.2) is 9.18 Å². The van der Waals surface area contributed by atoms with E-state index in [-0.39, 0.29) is 29.9 Å². The van der Waals surface area contributed by atoms with E-state index in [2.05, 4.69) is 10.6 Å². The van der Waals surface area contributed by atoms with Crippen molar-refractivity contribution >= 4 is 44.9 Å². The van der Waals surface area contributed by atoms with Crippen molar-refractivity contribution in [2.24, 2.45) is 0 Å². The third-order valence-corrected chi connectivity index (χ3v) is 7.36. The Morgan fingerprint density at radius 3 is 2.61 bits per heavy atom. The Kier molecular flexibility index (Phi) is 6.19. The zero-order chi connectivity index (χ0) is 25.4. The number of hydrogen-bond acceptors (Lipinski definition) is 5. The summed E-state index contributed by atoms with van der Waals surface area (Å²) in [7, 11) is 0. The van der Waals surface area contributed by atoms with Crippen LogP contribution in [0.2, 0.25) is 0 Å². The minimum absolute atomic E-state index is 0.231. The highest BCUT2D eigenvalue weighted by atomic mass is 32.1. The first kappa shape index (κ1) is 23.6. The highest BCUT2D eigenvalue weighted by molar-refractivity contribution is 7.21. The van der Waals surface area contributed by atoms with Crippen molar-refractivity contribution in [3.05, 3.63) is 87.3 Å². The van der Waals surface area contributed by atoms with Crippen LogP contribution in [0, 0.1) is 12.7 Å². The molecule has 0 spiro atoms.